The number of amides is 1. The second-order valence-corrected chi connectivity index (χ2v) is 6.21. The monoisotopic (exact) mass is 351 g/mol. The normalized spacial score (nSPS) is 10.7. The summed E-state index contributed by atoms with van der Waals surface area (Å²) >= 11 is 1.29. The maximum atomic E-state index is 12.3. The van der Waals surface area contributed by atoms with Gasteiger partial charge in [0, 0.05) is 25.1 Å². The Morgan fingerprint density at radius 3 is 3.04 bits per heavy atom. The van der Waals surface area contributed by atoms with Crippen LogP contribution in [-0.2, 0) is 6.54 Å². The average molecular weight is 351 g/mol. The lowest BCUT2D eigenvalue weighted by atomic mass is 10.2. The number of pyridine rings is 1. The third-order valence-corrected chi connectivity index (χ3v) is 4.50. The Labute approximate surface area is 147 Å². The standard InChI is InChI=1S/C17H13N5O2S/c23-16(14-10-21-17(25-14)13-2-1-7-24-13)20-9-12-3-4-19-15(8-12)22-6-5-18-11-22/h1-8,10-11H,9H2,(H,20,23). The number of carbonyl (C=O) groups excluding carboxylic acids is 1. The molecule has 8 heteroatoms. The van der Waals surface area contributed by atoms with Crippen LogP contribution in [0.25, 0.3) is 16.6 Å². The molecule has 0 atom stereocenters. The zero-order chi connectivity index (χ0) is 17.1. The lowest BCUT2D eigenvalue weighted by Crippen LogP contribution is -2.21. The first kappa shape index (κ1) is 15.3. The molecule has 0 radical (unpaired) electrons. The molecular weight excluding hydrogens is 338 g/mol. The van der Waals surface area contributed by atoms with E-state index in [-0.39, 0.29) is 5.91 Å². The van der Waals surface area contributed by atoms with Crippen LogP contribution < -0.4 is 5.32 Å². The van der Waals surface area contributed by atoms with Gasteiger partial charge in [-0.3, -0.25) is 9.36 Å². The Bertz CT molecular complexity index is 976. The second-order valence-electron chi connectivity index (χ2n) is 5.18. The Morgan fingerprint density at radius 2 is 2.24 bits per heavy atom. The fourth-order valence-electron chi connectivity index (χ4n) is 2.27. The second kappa shape index (κ2) is 6.70. The highest BCUT2D eigenvalue weighted by molar-refractivity contribution is 7.16. The predicted octanol–water partition coefficient (Wildman–Crippen LogP) is 2.91. The van der Waals surface area contributed by atoms with Crippen LogP contribution in [0.5, 0.6) is 0 Å². The Morgan fingerprint density at radius 1 is 1.28 bits per heavy atom. The SMILES string of the molecule is O=C(NCc1ccnc(-n2ccnc2)c1)c1cnc(-c2ccco2)s1. The van der Waals surface area contributed by atoms with Crippen molar-refractivity contribution >= 4 is 17.2 Å². The van der Waals surface area contributed by atoms with E-state index < -0.39 is 0 Å². The van der Waals surface area contributed by atoms with Crippen molar-refractivity contribution in [3.05, 3.63) is 72.1 Å². The van der Waals surface area contributed by atoms with E-state index in [1.807, 2.05) is 29.0 Å². The largest absolute Gasteiger partial charge is 0.462 e. The summed E-state index contributed by atoms with van der Waals surface area (Å²) in [6.45, 7) is 0.400. The topological polar surface area (TPSA) is 85.8 Å². The average Bonchev–Trinajstić information content (AvgIpc) is 3.41. The van der Waals surface area contributed by atoms with E-state index in [2.05, 4.69) is 20.3 Å². The molecule has 0 unspecified atom stereocenters. The summed E-state index contributed by atoms with van der Waals surface area (Å²) in [5, 5.41) is 3.58. The number of nitrogens with one attached hydrogen (secondary N) is 1. The molecule has 0 aliphatic heterocycles. The minimum Gasteiger partial charge on any atom is -0.462 e. The van der Waals surface area contributed by atoms with Gasteiger partial charge < -0.3 is 9.73 Å². The summed E-state index contributed by atoms with van der Waals surface area (Å²) in [5.74, 6) is 1.24. The minimum absolute atomic E-state index is 0.170. The molecule has 25 heavy (non-hydrogen) atoms. The number of nitrogens with zero attached hydrogens (tertiary/aromatic N) is 4. The van der Waals surface area contributed by atoms with Crippen LogP contribution in [0, 0.1) is 0 Å². The molecule has 124 valence electrons. The van der Waals surface area contributed by atoms with Gasteiger partial charge in [-0.15, -0.1) is 11.3 Å². The number of thiazole rings is 1. The van der Waals surface area contributed by atoms with Gasteiger partial charge in [0.1, 0.15) is 17.0 Å². The highest BCUT2D eigenvalue weighted by Crippen LogP contribution is 2.25. The van der Waals surface area contributed by atoms with Crippen molar-refractivity contribution in [3.8, 4) is 16.6 Å². The summed E-state index contributed by atoms with van der Waals surface area (Å²) < 4.78 is 7.10. The molecule has 0 aliphatic carbocycles. The van der Waals surface area contributed by atoms with Crippen molar-refractivity contribution in [1.82, 2.24) is 24.8 Å². The Kier molecular flexibility index (Phi) is 4.09. The van der Waals surface area contributed by atoms with Crippen LogP contribution in [0.4, 0.5) is 0 Å². The van der Waals surface area contributed by atoms with E-state index in [1.54, 1.807) is 37.2 Å². The molecule has 0 aliphatic rings. The number of carbonyl (C=O) groups is 1. The molecular formula is C17H13N5O2S. The maximum absolute atomic E-state index is 12.3. The van der Waals surface area contributed by atoms with Crippen molar-refractivity contribution in [2.45, 2.75) is 6.54 Å². The van der Waals surface area contributed by atoms with Crippen LogP contribution in [-0.4, -0.2) is 25.4 Å². The summed E-state index contributed by atoms with van der Waals surface area (Å²) in [6.07, 6.45) is 10.0. The quantitative estimate of drug-likeness (QED) is 0.597. The smallest absolute Gasteiger partial charge is 0.263 e. The molecule has 1 amide bonds. The van der Waals surface area contributed by atoms with Crippen molar-refractivity contribution in [2.24, 2.45) is 0 Å². The highest BCUT2D eigenvalue weighted by Gasteiger charge is 2.13. The molecule has 4 rings (SSSR count). The van der Waals surface area contributed by atoms with Gasteiger partial charge in [0.2, 0.25) is 0 Å². The summed E-state index contributed by atoms with van der Waals surface area (Å²) in [4.78, 5) is 25.4. The molecule has 0 saturated carbocycles. The number of hydrogen-bond acceptors (Lipinski definition) is 6. The van der Waals surface area contributed by atoms with Gasteiger partial charge in [0.05, 0.1) is 12.5 Å². The fraction of sp³-hybridized carbons (Fsp3) is 0.0588. The third kappa shape index (κ3) is 3.33. The van der Waals surface area contributed by atoms with Crippen molar-refractivity contribution in [3.63, 3.8) is 0 Å². The van der Waals surface area contributed by atoms with E-state index in [0.29, 0.717) is 22.2 Å². The number of imidazole rings is 1. The summed E-state index contributed by atoms with van der Waals surface area (Å²) in [6, 6.07) is 7.37. The fourth-order valence-corrected chi connectivity index (χ4v) is 3.07. The molecule has 0 aromatic carbocycles. The first-order valence-corrected chi connectivity index (χ1v) is 8.32. The van der Waals surface area contributed by atoms with Crippen LogP contribution in [0.15, 0.2) is 66.1 Å². The Hall–Kier alpha value is -3.26. The van der Waals surface area contributed by atoms with Gasteiger partial charge in [-0.05, 0) is 29.8 Å². The zero-order valence-corrected chi connectivity index (χ0v) is 13.8. The molecule has 4 aromatic heterocycles. The first-order chi connectivity index (χ1) is 12.3. The third-order valence-electron chi connectivity index (χ3n) is 3.49. The molecule has 0 bridgehead atoms. The van der Waals surface area contributed by atoms with Gasteiger partial charge in [-0.25, -0.2) is 15.0 Å². The lowest BCUT2D eigenvalue weighted by Gasteiger charge is -2.06. The van der Waals surface area contributed by atoms with Crippen LogP contribution in [0.3, 0.4) is 0 Å². The van der Waals surface area contributed by atoms with Crippen LogP contribution >= 0.6 is 11.3 Å². The van der Waals surface area contributed by atoms with Gasteiger partial charge >= 0.3 is 0 Å². The number of hydrogen-bond donors (Lipinski definition) is 1. The molecule has 4 aromatic rings. The number of furan rings is 1. The molecule has 1 N–H and O–H groups in total. The number of rotatable bonds is 5. The highest BCUT2D eigenvalue weighted by atomic mass is 32.1. The summed E-state index contributed by atoms with van der Waals surface area (Å²) in [7, 11) is 0. The number of aromatic nitrogens is 4. The predicted molar refractivity (Wildman–Crippen MR) is 92.3 cm³/mol. The van der Waals surface area contributed by atoms with E-state index in [1.165, 1.54) is 11.3 Å². The van der Waals surface area contributed by atoms with Crippen molar-refractivity contribution in [1.29, 1.82) is 0 Å². The molecule has 0 fully saturated rings. The van der Waals surface area contributed by atoms with E-state index in [0.717, 1.165) is 11.4 Å². The Balaban J connectivity index is 1.43. The summed E-state index contributed by atoms with van der Waals surface area (Å²) in [5.41, 5.74) is 0.947. The van der Waals surface area contributed by atoms with Crippen molar-refractivity contribution in [2.75, 3.05) is 0 Å². The maximum Gasteiger partial charge on any atom is 0.263 e. The van der Waals surface area contributed by atoms with Gasteiger partial charge in [0.15, 0.2) is 10.8 Å². The lowest BCUT2D eigenvalue weighted by molar-refractivity contribution is 0.0954. The molecule has 7 nitrogen and oxygen atoms in total. The van der Waals surface area contributed by atoms with E-state index in [4.69, 9.17) is 4.42 Å². The van der Waals surface area contributed by atoms with Crippen LogP contribution in [0.2, 0.25) is 0 Å². The minimum atomic E-state index is -0.170. The van der Waals surface area contributed by atoms with Gasteiger partial charge in [-0.1, -0.05) is 0 Å². The van der Waals surface area contributed by atoms with Gasteiger partial charge in [-0.2, -0.15) is 0 Å². The van der Waals surface area contributed by atoms with Crippen molar-refractivity contribution < 1.29 is 9.21 Å². The molecule has 4 heterocycles. The van der Waals surface area contributed by atoms with E-state index in [9.17, 15) is 4.79 Å². The first-order valence-electron chi connectivity index (χ1n) is 7.51. The zero-order valence-electron chi connectivity index (χ0n) is 13.0. The van der Waals surface area contributed by atoms with E-state index >= 15 is 0 Å². The molecule has 0 spiro atoms. The van der Waals surface area contributed by atoms with Crippen LogP contribution in [0.1, 0.15) is 15.2 Å². The van der Waals surface area contributed by atoms with Gasteiger partial charge in [0.25, 0.3) is 5.91 Å². The molecule has 0 saturated heterocycles.